The van der Waals surface area contributed by atoms with E-state index in [0.717, 1.165) is 19.3 Å². The van der Waals surface area contributed by atoms with Crippen molar-refractivity contribution in [3.8, 4) is 0 Å². The van der Waals surface area contributed by atoms with Crippen molar-refractivity contribution in [1.82, 2.24) is 0 Å². The van der Waals surface area contributed by atoms with Crippen molar-refractivity contribution in [1.29, 1.82) is 0 Å². The Bertz CT molecular complexity index is 845. The molecule has 0 aromatic carbocycles. The molecule has 10 atom stereocenters. The molecule has 4 rings (SSSR count). The molecule has 0 heterocycles. The van der Waals surface area contributed by atoms with Gasteiger partial charge in [0.25, 0.3) is 0 Å². The molecule has 4 aliphatic rings. The molecule has 0 aromatic heterocycles. The van der Waals surface area contributed by atoms with E-state index in [2.05, 4.69) is 59.8 Å². The summed E-state index contributed by atoms with van der Waals surface area (Å²) in [6.07, 6.45) is 10.3. The summed E-state index contributed by atoms with van der Waals surface area (Å²) < 4.78 is 6.12. The van der Waals surface area contributed by atoms with Crippen LogP contribution in [0.2, 0.25) is 0 Å². The van der Waals surface area contributed by atoms with Gasteiger partial charge >= 0.3 is 0 Å². The number of Topliss-reactive ketones (excluding diaryl/α,β-unsaturated/α-hetero) is 1. The van der Waals surface area contributed by atoms with E-state index in [-0.39, 0.29) is 35.6 Å². The number of aliphatic hydroxyl groups is 2. The third-order valence-electron chi connectivity index (χ3n) is 10.9. The van der Waals surface area contributed by atoms with E-state index in [9.17, 15) is 15.0 Å². The van der Waals surface area contributed by atoms with Crippen LogP contribution in [0.25, 0.3) is 0 Å². The Morgan fingerprint density at radius 2 is 1.88 bits per heavy atom. The Labute approximate surface area is 207 Å². The van der Waals surface area contributed by atoms with Crippen LogP contribution in [0.5, 0.6) is 0 Å². The molecule has 0 aromatic rings. The minimum atomic E-state index is -1.16. The van der Waals surface area contributed by atoms with E-state index >= 15 is 0 Å². The molecule has 0 aliphatic heterocycles. The van der Waals surface area contributed by atoms with Crippen molar-refractivity contribution in [2.75, 3.05) is 6.61 Å². The number of allylic oxidation sites excluding steroid dienone is 2. The monoisotopic (exact) mass is 472 g/mol. The van der Waals surface area contributed by atoms with Crippen LogP contribution in [0.15, 0.2) is 23.8 Å². The summed E-state index contributed by atoms with van der Waals surface area (Å²) in [6, 6.07) is 0. The van der Waals surface area contributed by atoms with Crippen molar-refractivity contribution in [2.24, 2.45) is 46.3 Å². The van der Waals surface area contributed by atoms with Gasteiger partial charge in [-0.25, -0.2) is 0 Å². The number of carbonyl (C=O) groups excluding carboxylic acids is 1. The largest absolute Gasteiger partial charge is 0.392 e. The lowest BCUT2D eigenvalue weighted by molar-refractivity contribution is -0.204. The summed E-state index contributed by atoms with van der Waals surface area (Å²) in [5.41, 5.74) is -0.232. The average Bonchev–Trinajstić information content (AvgIpc) is 3.04. The van der Waals surface area contributed by atoms with Crippen LogP contribution in [0.1, 0.15) is 87.0 Å². The molecule has 2 N–H and O–H groups in total. The van der Waals surface area contributed by atoms with Crippen molar-refractivity contribution in [2.45, 2.75) is 105 Å². The Morgan fingerprint density at radius 3 is 2.53 bits per heavy atom. The predicted octanol–water partition coefficient (Wildman–Crippen LogP) is 5.72. The van der Waals surface area contributed by atoms with Crippen LogP contribution in [-0.4, -0.2) is 40.4 Å². The third-order valence-corrected chi connectivity index (χ3v) is 10.9. The quantitative estimate of drug-likeness (QED) is 0.485. The maximum Gasteiger partial charge on any atom is 0.135 e. The van der Waals surface area contributed by atoms with Gasteiger partial charge in [0.1, 0.15) is 17.5 Å². The fourth-order valence-electron chi connectivity index (χ4n) is 8.33. The Kier molecular flexibility index (Phi) is 7.03. The third kappa shape index (κ3) is 3.87. The van der Waals surface area contributed by atoms with Crippen LogP contribution in [0.4, 0.5) is 0 Å². The van der Waals surface area contributed by atoms with Crippen LogP contribution in [-0.2, 0) is 9.53 Å². The van der Waals surface area contributed by atoms with Gasteiger partial charge in [0.05, 0.1) is 6.10 Å². The molecule has 0 unspecified atom stereocenters. The zero-order valence-corrected chi connectivity index (χ0v) is 22.5. The Morgan fingerprint density at radius 1 is 1.18 bits per heavy atom. The van der Waals surface area contributed by atoms with Crippen molar-refractivity contribution in [3.63, 3.8) is 0 Å². The minimum Gasteiger partial charge on any atom is -0.392 e. The smallest absolute Gasteiger partial charge is 0.135 e. The van der Waals surface area contributed by atoms with E-state index < -0.39 is 17.1 Å². The predicted molar refractivity (Wildman–Crippen MR) is 136 cm³/mol. The van der Waals surface area contributed by atoms with Gasteiger partial charge in [0.2, 0.25) is 0 Å². The van der Waals surface area contributed by atoms with Crippen LogP contribution >= 0.6 is 0 Å². The number of hydrogen-bond donors (Lipinski definition) is 2. The number of rotatable bonds is 6. The molecule has 34 heavy (non-hydrogen) atoms. The lowest BCUT2D eigenvalue weighted by Gasteiger charge is -2.62. The average molecular weight is 473 g/mol. The molecule has 4 aliphatic carbocycles. The summed E-state index contributed by atoms with van der Waals surface area (Å²) in [4.78, 5) is 12.4. The molecular weight excluding hydrogens is 424 g/mol. The van der Waals surface area contributed by atoms with Crippen LogP contribution in [0.3, 0.4) is 0 Å². The second kappa shape index (κ2) is 9.16. The molecular formula is C30H48O4. The van der Waals surface area contributed by atoms with Gasteiger partial charge in [0.15, 0.2) is 0 Å². The first-order valence-electron chi connectivity index (χ1n) is 13.8. The lowest BCUT2D eigenvalue weighted by atomic mass is 9.45. The van der Waals surface area contributed by atoms with Gasteiger partial charge in [-0.15, -0.1) is 0 Å². The summed E-state index contributed by atoms with van der Waals surface area (Å²) >= 11 is 0. The topological polar surface area (TPSA) is 66.8 Å². The first kappa shape index (κ1) is 26.1. The molecule has 0 radical (unpaired) electrons. The minimum absolute atomic E-state index is 0.0274. The standard InChI is InChI=1S/C30H48O4/c1-8-34-26-15-22-23(29(7)14-11-21(31)17-30(26,29)33)12-13-28(6)24(16-25(32)27(22)28)20(5)10-9-19(4)18(2)3/h9-10,15,18-20,23-27,32-33H,8,11-14,16-17H2,1-7H3/b10-9+/t19-,20+,23-,24+,25+,26+,27+,28+,29+,30-/m0/s1. The van der Waals surface area contributed by atoms with Gasteiger partial charge in [-0.1, -0.05) is 65.3 Å². The van der Waals surface area contributed by atoms with Gasteiger partial charge in [-0.3, -0.25) is 4.79 Å². The molecule has 4 heteroatoms. The molecule has 192 valence electrons. The van der Waals surface area contributed by atoms with Gasteiger partial charge in [-0.2, -0.15) is 0 Å². The van der Waals surface area contributed by atoms with Crippen molar-refractivity contribution < 1.29 is 19.7 Å². The number of hydrogen-bond acceptors (Lipinski definition) is 4. The first-order valence-corrected chi connectivity index (χ1v) is 13.8. The van der Waals surface area contributed by atoms with Gasteiger partial charge < -0.3 is 14.9 Å². The first-order chi connectivity index (χ1) is 15.9. The van der Waals surface area contributed by atoms with Gasteiger partial charge in [-0.05, 0) is 67.6 Å². The Hall–Kier alpha value is -0.970. The highest BCUT2D eigenvalue weighted by Crippen LogP contribution is 2.67. The number of ether oxygens (including phenoxy) is 1. The highest BCUT2D eigenvalue weighted by Gasteiger charge is 2.66. The fourth-order valence-corrected chi connectivity index (χ4v) is 8.33. The molecule has 0 amide bonds. The van der Waals surface area contributed by atoms with E-state index in [4.69, 9.17) is 4.74 Å². The van der Waals surface area contributed by atoms with Gasteiger partial charge in [0, 0.05) is 30.8 Å². The molecule has 0 saturated heterocycles. The SMILES string of the molecule is CCO[C@@H]1C=C2[C@@H]3[C@H](O)C[C@H]([C@H](C)/C=C/[C@H](C)C(C)C)[C@@]3(C)CC[C@@H]2[C@@]2(C)CCC(=O)C[C@]12O. The van der Waals surface area contributed by atoms with Crippen LogP contribution in [0, 0.1) is 46.3 Å². The lowest BCUT2D eigenvalue weighted by Crippen LogP contribution is -2.65. The summed E-state index contributed by atoms with van der Waals surface area (Å²) in [7, 11) is 0. The second-order valence-electron chi connectivity index (χ2n) is 12.9. The molecule has 0 spiro atoms. The molecule has 4 nitrogen and oxygen atoms in total. The molecule has 3 saturated carbocycles. The zero-order valence-electron chi connectivity index (χ0n) is 22.5. The number of aliphatic hydroxyl groups excluding tert-OH is 1. The van der Waals surface area contributed by atoms with E-state index in [1.165, 1.54) is 5.57 Å². The summed E-state index contributed by atoms with van der Waals surface area (Å²) in [5.74, 6) is 2.44. The van der Waals surface area contributed by atoms with E-state index in [0.29, 0.717) is 43.1 Å². The van der Waals surface area contributed by atoms with Crippen molar-refractivity contribution in [3.05, 3.63) is 23.8 Å². The van der Waals surface area contributed by atoms with Crippen molar-refractivity contribution >= 4 is 5.78 Å². The summed E-state index contributed by atoms with van der Waals surface area (Å²) in [6.45, 7) is 16.2. The maximum atomic E-state index is 12.4. The molecule has 3 fully saturated rings. The zero-order chi connectivity index (χ0) is 25.1. The highest BCUT2D eigenvalue weighted by molar-refractivity contribution is 5.81. The van der Waals surface area contributed by atoms with E-state index in [1.54, 1.807) is 0 Å². The second-order valence-corrected chi connectivity index (χ2v) is 12.9. The van der Waals surface area contributed by atoms with E-state index in [1.807, 2.05) is 6.92 Å². The number of fused-ring (bicyclic) bond motifs is 5. The maximum absolute atomic E-state index is 12.4. The van der Waals surface area contributed by atoms with Crippen LogP contribution < -0.4 is 0 Å². The summed E-state index contributed by atoms with van der Waals surface area (Å²) in [5, 5.41) is 23.5. The number of ketones is 1. The highest BCUT2D eigenvalue weighted by atomic mass is 16.5. The Balaban J connectivity index is 1.70. The fraction of sp³-hybridized carbons (Fsp3) is 0.833. The number of carbonyl (C=O) groups is 1. The molecule has 0 bridgehead atoms. The normalized spacial score (nSPS) is 46.1.